The van der Waals surface area contributed by atoms with Gasteiger partial charge in [0.05, 0.1) is 17.2 Å². The first kappa shape index (κ1) is 12.6. The molecule has 1 aromatic rings. The number of hydrogen-bond acceptors (Lipinski definition) is 2. The summed E-state index contributed by atoms with van der Waals surface area (Å²) in [5.74, 6) is -1.24. The van der Waals surface area contributed by atoms with Crippen LogP contribution in [0.1, 0.15) is 33.5 Å². The van der Waals surface area contributed by atoms with Crippen LogP contribution in [0.3, 0.4) is 0 Å². The molecule has 1 aromatic carbocycles. The number of nitrogens with zero attached hydrogens (tertiary/aromatic N) is 1. The van der Waals surface area contributed by atoms with Crippen molar-refractivity contribution in [1.29, 1.82) is 5.26 Å². The lowest BCUT2D eigenvalue weighted by molar-refractivity contribution is 0.0695. The number of alkyl halides is 3. The maximum atomic E-state index is 12.5. The van der Waals surface area contributed by atoms with Crippen LogP contribution in [0, 0.1) is 11.3 Å². The van der Waals surface area contributed by atoms with Gasteiger partial charge in [-0.1, -0.05) is 15.9 Å². The second-order valence-corrected chi connectivity index (χ2v) is 3.51. The normalized spacial score (nSPS) is 10.2. The van der Waals surface area contributed by atoms with Crippen molar-refractivity contribution >= 4 is 21.9 Å². The Kier molecular flexibility index (Phi) is 3.96. The summed E-state index contributed by atoms with van der Waals surface area (Å²) in [5, 5.41) is 17.6. The number of aromatic carboxylic acids is 1. The average Bonchev–Trinajstić information content (AvgIpc) is 2.26. The molecule has 0 unspecified atom stereocenters. The summed E-state index contributed by atoms with van der Waals surface area (Å²) in [6.45, 7) is 0. The molecule has 0 amide bonds. The minimum Gasteiger partial charge on any atom is -0.478 e. The third-order valence-electron chi connectivity index (χ3n) is 2.01. The predicted octanol–water partition coefficient (Wildman–Crippen LogP) is 3.09. The highest BCUT2D eigenvalue weighted by atomic mass is 79.9. The molecule has 6 heteroatoms. The van der Waals surface area contributed by atoms with Crippen LogP contribution in [0.4, 0.5) is 8.78 Å². The second kappa shape index (κ2) is 5.03. The second-order valence-electron chi connectivity index (χ2n) is 2.95. The van der Waals surface area contributed by atoms with E-state index < -0.39 is 18.0 Å². The highest BCUT2D eigenvalue weighted by molar-refractivity contribution is 9.08. The number of halogens is 3. The Hall–Kier alpha value is -1.48. The van der Waals surface area contributed by atoms with Gasteiger partial charge >= 0.3 is 5.97 Å². The van der Waals surface area contributed by atoms with E-state index in [4.69, 9.17) is 10.4 Å². The number of hydrogen-bond donors (Lipinski definition) is 1. The van der Waals surface area contributed by atoms with Gasteiger partial charge in [0.25, 0.3) is 6.43 Å². The fraction of sp³-hybridized carbons (Fsp3) is 0.200. The van der Waals surface area contributed by atoms with E-state index in [2.05, 4.69) is 15.9 Å². The molecule has 0 aliphatic carbocycles. The van der Waals surface area contributed by atoms with E-state index in [1.807, 2.05) is 0 Å². The highest BCUT2D eigenvalue weighted by Gasteiger charge is 2.19. The van der Waals surface area contributed by atoms with Crippen LogP contribution in [0.5, 0.6) is 0 Å². The molecule has 0 aliphatic rings. The first-order valence-corrected chi connectivity index (χ1v) is 5.27. The molecular weight excluding hydrogens is 284 g/mol. The van der Waals surface area contributed by atoms with Crippen molar-refractivity contribution in [2.75, 3.05) is 0 Å². The molecule has 16 heavy (non-hydrogen) atoms. The largest absolute Gasteiger partial charge is 0.478 e. The van der Waals surface area contributed by atoms with Crippen LogP contribution in [-0.2, 0) is 5.33 Å². The number of rotatable bonds is 3. The summed E-state index contributed by atoms with van der Waals surface area (Å²) < 4.78 is 25.1. The molecule has 0 heterocycles. The Balaban J connectivity index is 3.48. The lowest BCUT2D eigenvalue weighted by Gasteiger charge is -2.08. The van der Waals surface area contributed by atoms with Gasteiger partial charge in [0.15, 0.2) is 0 Å². The van der Waals surface area contributed by atoms with Gasteiger partial charge in [0, 0.05) is 10.9 Å². The highest BCUT2D eigenvalue weighted by Crippen LogP contribution is 2.27. The molecule has 0 saturated carbocycles. The fourth-order valence-corrected chi connectivity index (χ4v) is 1.71. The lowest BCUT2D eigenvalue weighted by Crippen LogP contribution is -2.04. The molecule has 0 atom stereocenters. The third-order valence-corrected chi connectivity index (χ3v) is 2.61. The van der Waals surface area contributed by atoms with Crippen LogP contribution in [0.25, 0.3) is 0 Å². The zero-order chi connectivity index (χ0) is 12.3. The van der Waals surface area contributed by atoms with Crippen LogP contribution in [0.15, 0.2) is 12.1 Å². The number of carboxylic acids is 1. The molecule has 0 bridgehead atoms. The minimum atomic E-state index is -2.80. The van der Waals surface area contributed by atoms with Crippen molar-refractivity contribution in [3.05, 3.63) is 34.4 Å². The lowest BCUT2D eigenvalue weighted by atomic mass is 10.00. The Morgan fingerprint density at radius 3 is 2.56 bits per heavy atom. The summed E-state index contributed by atoms with van der Waals surface area (Å²) in [6, 6.07) is 3.58. The minimum absolute atomic E-state index is 0.139. The molecule has 0 radical (unpaired) electrons. The Morgan fingerprint density at radius 2 is 2.19 bits per heavy atom. The fourth-order valence-electron chi connectivity index (χ4n) is 1.25. The van der Waals surface area contributed by atoms with Gasteiger partial charge < -0.3 is 5.11 Å². The molecular formula is C10H6BrF2NO2. The van der Waals surface area contributed by atoms with E-state index in [1.54, 1.807) is 6.07 Å². The Labute approximate surface area is 98.4 Å². The van der Waals surface area contributed by atoms with Crippen LogP contribution < -0.4 is 0 Å². The summed E-state index contributed by atoms with van der Waals surface area (Å²) in [4.78, 5) is 10.8. The van der Waals surface area contributed by atoms with Gasteiger partial charge in [-0.15, -0.1) is 0 Å². The van der Waals surface area contributed by atoms with Crippen LogP contribution in [-0.4, -0.2) is 11.1 Å². The molecule has 0 aliphatic heterocycles. The van der Waals surface area contributed by atoms with E-state index in [0.29, 0.717) is 0 Å². The smallest absolute Gasteiger partial charge is 0.336 e. The van der Waals surface area contributed by atoms with E-state index in [0.717, 1.165) is 12.1 Å². The maximum Gasteiger partial charge on any atom is 0.336 e. The molecule has 3 nitrogen and oxygen atoms in total. The van der Waals surface area contributed by atoms with Gasteiger partial charge in [0.1, 0.15) is 0 Å². The van der Waals surface area contributed by atoms with Gasteiger partial charge in [-0.3, -0.25) is 0 Å². The van der Waals surface area contributed by atoms with Crippen molar-refractivity contribution in [3.63, 3.8) is 0 Å². The predicted molar refractivity (Wildman–Crippen MR) is 55.7 cm³/mol. The average molecular weight is 290 g/mol. The first-order valence-electron chi connectivity index (χ1n) is 4.15. The van der Waals surface area contributed by atoms with Crippen molar-refractivity contribution in [1.82, 2.24) is 0 Å². The van der Waals surface area contributed by atoms with Crippen molar-refractivity contribution < 1.29 is 18.7 Å². The zero-order valence-electron chi connectivity index (χ0n) is 7.88. The van der Waals surface area contributed by atoms with E-state index in [-0.39, 0.29) is 22.0 Å². The third kappa shape index (κ3) is 2.36. The molecule has 0 spiro atoms. The summed E-state index contributed by atoms with van der Waals surface area (Å²) in [5.41, 5.74) is -0.668. The van der Waals surface area contributed by atoms with Gasteiger partial charge in [-0.25, -0.2) is 13.6 Å². The van der Waals surface area contributed by atoms with Gasteiger partial charge in [-0.2, -0.15) is 5.26 Å². The maximum absolute atomic E-state index is 12.5. The van der Waals surface area contributed by atoms with Gasteiger partial charge in [0.2, 0.25) is 0 Å². The first-order chi connectivity index (χ1) is 7.51. The monoisotopic (exact) mass is 289 g/mol. The molecule has 84 valence electrons. The van der Waals surface area contributed by atoms with Crippen LogP contribution >= 0.6 is 15.9 Å². The summed E-state index contributed by atoms with van der Waals surface area (Å²) in [6.07, 6.45) is -2.80. The Bertz CT molecular complexity index is 469. The zero-order valence-corrected chi connectivity index (χ0v) is 9.46. The number of benzene rings is 1. The van der Waals surface area contributed by atoms with Gasteiger partial charge in [-0.05, 0) is 17.7 Å². The molecule has 1 rings (SSSR count). The quantitative estimate of drug-likeness (QED) is 0.870. The number of nitriles is 1. The molecule has 0 saturated heterocycles. The Morgan fingerprint density at radius 1 is 1.56 bits per heavy atom. The topological polar surface area (TPSA) is 61.1 Å². The van der Waals surface area contributed by atoms with Crippen molar-refractivity contribution in [2.45, 2.75) is 11.8 Å². The van der Waals surface area contributed by atoms with E-state index >= 15 is 0 Å². The van der Waals surface area contributed by atoms with Crippen LogP contribution in [0.2, 0.25) is 0 Å². The molecule has 1 N–H and O–H groups in total. The number of carbonyl (C=O) groups is 1. The van der Waals surface area contributed by atoms with E-state index in [1.165, 1.54) is 0 Å². The van der Waals surface area contributed by atoms with E-state index in [9.17, 15) is 13.6 Å². The van der Waals surface area contributed by atoms with Crippen molar-refractivity contribution in [2.24, 2.45) is 0 Å². The van der Waals surface area contributed by atoms with Crippen molar-refractivity contribution in [3.8, 4) is 6.07 Å². The standard InChI is InChI=1S/C10H6BrF2NO2/c11-3-5-1-7(9(12)13)6(4-14)2-8(5)10(15)16/h1-2,9H,3H2,(H,15,16). The SMILES string of the molecule is N#Cc1cc(C(=O)O)c(CBr)cc1C(F)F. The summed E-state index contributed by atoms with van der Waals surface area (Å²) >= 11 is 3.02. The number of carboxylic acid groups (broad SMARTS) is 1. The molecule has 0 fully saturated rings. The molecule has 0 aromatic heterocycles. The summed E-state index contributed by atoms with van der Waals surface area (Å²) in [7, 11) is 0.